The molecular formula is C25H27N5O. The molecule has 5 rings (SSSR count). The van der Waals surface area contributed by atoms with Gasteiger partial charge in [-0.2, -0.15) is 5.10 Å². The molecule has 2 aromatic rings. The highest BCUT2D eigenvalue weighted by molar-refractivity contribution is 6.00. The van der Waals surface area contributed by atoms with E-state index in [1.54, 1.807) is 11.0 Å². The number of nitrogens with one attached hydrogen (secondary N) is 1. The quantitative estimate of drug-likeness (QED) is 0.812. The molecule has 0 aromatic carbocycles. The van der Waals surface area contributed by atoms with Crippen LogP contribution in [0.5, 0.6) is 0 Å². The largest absolute Gasteiger partial charge is 0.317 e. The van der Waals surface area contributed by atoms with Crippen molar-refractivity contribution in [1.82, 2.24) is 24.8 Å². The standard InChI is InChI=1S/C25H27N5O/c1-16-11-21(19-7-9-26-10-8-19)15-29-23(16)6-4-5-20(12-25(29)31)22-13-24-18(3)27-17(2)14-30(24)28-22/h4-6,11-15,19,26H,7-10H2,1-3H3/b5-4+,20-12+,23-6+. The number of rotatable bonds is 2. The third-order valence-corrected chi connectivity index (χ3v) is 6.24. The summed E-state index contributed by atoms with van der Waals surface area (Å²) in [7, 11) is 0. The van der Waals surface area contributed by atoms with E-state index in [4.69, 9.17) is 5.10 Å². The zero-order chi connectivity index (χ0) is 21.5. The molecule has 0 spiro atoms. The van der Waals surface area contributed by atoms with Crippen LogP contribution < -0.4 is 5.32 Å². The Morgan fingerprint density at radius 2 is 1.94 bits per heavy atom. The molecule has 6 nitrogen and oxygen atoms in total. The number of allylic oxidation sites excluding steroid dienone is 7. The van der Waals surface area contributed by atoms with E-state index >= 15 is 0 Å². The maximum atomic E-state index is 13.3. The van der Waals surface area contributed by atoms with Crippen molar-refractivity contribution in [2.75, 3.05) is 13.1 Å². The fourth-order valence-corrected chi connectivity index (χ4v) is 4.63. The zero-order valence-corrected chi connectivity index (χ0v) is 18.2. The van der Waals surface area contributed by atoms with Gasteiger partial charge in [-0.15, -0.1) is 0 Å². The molecule has 0 saturated carbocycles. The lowest BCUT2D eigenvalue weighted by molar-refractivity contribution is -0.122. The summed E-state index contributed by atoms with van der Waals surface area (Å²) in [5, 5.41) is 8.12. The molecule has 6 heteroatoms. The highest BCUT2D eigenvalue weighted by Crippen LogP contribution is 2.33. The van der Waals surface area contributed by atoms with E-state index in [-0.39, 0.29) is 5.91 Å². The lowest BCUT2D eigenvalue weighted by Gasteiger charge is -2.31. The third-order valence-electron chi connectivity index (χ3n) is 6.24. The van der Waals surface area contributed by atoms with Crippen LogP contribution >= 0.6 is 0 Å². The van der Waals surface area contributed by atoms with Crippen LogP contribution in [0.1, 0.15) is 36.8 Å². The molecule has 158 valence electrons. The van der Waals surface area contributed by atoms with Gasteiger partial charge >= 0.3 is 0 Å². The van der Waals surface area contributed by atoms with Gasteiger partial charge in [0.15, 0.2) is 0 Å². The third kappa shape index (κ3) is 3.68. The molecule has 0 bridgehead atoms. The number of aryl methyl sites for hydroxylation is 2. The molecule has 1 amide bonds. The monoisotopic (exact) mass is 413 g/mol. The molecule has 3 aliphatic rings. The average molecular weight is 414 g/mol. The number of hydrogen-bond acceptors (Lipinski definition) is 4. The van der Waals surface area contributed by atoms with E-state index in [9.17, 15) is 4.79 Å². The zero-order valence-electron chi connectivity index (χ0n) is 18.2. The summed E-state index contributed by atoms with van der Waals surface area (Å²) in [6.45, 7) is 8.07. The van der Waals surface area contributed by atoms with Gasteiger partial charge in [0.05, 0.1) is 34.5 Å². The number of aromatic nitrogens is 3. The van der Waals surface area contributed by atoms with Crippen LogP contribution in [0.2, 0.25) is 0 Å². The van der Waals surface area contributed by atoms with E-state index < -0.39 is 0 Å². The first-order valence-corrected chi connectivity index (χ1v) is 10.9. The van der Waals surface area contributed by atoms with Gasteiger partial charge in [0.1, 0.15) is 0 Å². The molecule has 1 N–H and O–H groups in total. The van der Waals surface area contributed by atoms with Crippen LogP contribution in [-0.2, 0) is 4.79 Å². The maximum Gasteiger partial charge on any atom is 0.255 e. The Labute approximate surface area is 182 Å². The van der Waals surface area contributed by atoms with Crippen molar-refractivity contribution >= 4 is 17.0 Å². The van der Waals surface area contributed by atoms with Gasteiger partial charge in [-0.05, 0) is 75.9 Å². The summed E-state index contributed by atoms with van der Waals surface area (Å²) >= 11 is 0. The molecule has 5 heterocycles. The van der Waals surface area contributed by atoms with Crippen molar-refractivity contribution in [1.29, 1.82) is 0 Å². The van der Waals surface area contributed by atoms with Crippen LogP contribution in [0.3, 0.4) is 0 Å². The van der Waals surface area contributed by atoms with E-state index in [2.05, 4.69) is 23.3 Å². The molecule has 1 saturated heterocycles. The van der Waals surface area contributed by atoms with Crippen molar-refractivity contribution in [2.24, 2.45) is 5.92 Å². The number of fused-ring (bicyclic) bond motifs is 2. The van der Waals surface area contributed by atoms with Gasteiger partial charge in [0, 0.05) is 17.8 Å². The summed E-state index contributed by atoms with van der Waals surface area (Å²) in [6, 6.07) is 2.00. The fraction of sp³-hybridized carbons (Fsp3) is 0.320. The Bertz CT molecular complexity index is 1220. The van der Waals surface area contributed by atoms with Gasteiger partial charge in [-0.1, -0.05) is 18.2 Å². The summed E-state index contributed by atoms with van der Waals surface area (Å²) in [5.41, 5.74) is 7.65. The minimum absolute atomic E-state index is 0.0485. The van der Waals surface area contributed by atoms with Crippen LogP contribution in [0.25, 0.3) is 11.1 Å². The molecule has 0 atom stereocenters. The second kappa shape index (κ2) is 7.78. The molecule has 3 aliphatic heterocycles. The molecule has 0 aliphatic carbocycles. The van der Waals surface area contributed by atoms with Crippen molar-refractivity contribution in [3.8, 4) is 0 Å². The Morgan fingerprint density at radius 3 is 2.74 bits per heavy atom. The van der Waals surface area contributed by atoms with Gasteiger partial charge in [-0.3, -0.25) is 14.7 Å². The van der Waals surface area contributed by atoms with E-state index in [1.165, 1.54) is 5.57 Å². The first kappa shape index (κ1) is 19.7. The second-order valence-electron chi connectivity index (χ2n) is 8.53. The molecule has 2 aromatic heterocycles. The van der Waals surface area contributed by atoms with Crippen molar-refractivity contribution in [3.05, 3.63) is 82.8 Å². The molecule has 0 radical (unpaired) electrons. The number of amides is 1. The molecule has 1 fully saturated rings. The smallest absolute Gasteiger partial charge is 0.255 e. The van der Waals surface area contributed by atoms with Gasteiger partial charge in [0.25, 0.3) is 5.91 Å². The fourth-order valence-electron chi connectivity index (χ4n) is 4.63. The Balaban J connectivity index is 1.53. The van der Waals surface area contributed by atoms with Crippen LogP contribution in [0.4, 0.5) is 0 Å². The summed E-state index contributed by atoms with van der Waals surface area (Å²) in [4.78, 5) is 19.7. The SMILES string of the molecule is CC1=CC(C2CCNCC2)=CN2C(=O)\C=C(c3cc4c(C)nc(C)cn4n3)/C=C/C=C\12. The minimum atomic E-state index is -0.0485. The van der Waals surface area contributed by atoms with Crippen LogP contribution in [-0.4, -0.2) is 38.5 Å². The number of piperidine rings is 1. The topological polar surface area (TPSA) is 62.5 Å². The first-order chi connectivity index (χ1) is 15.0. The molecule has 0 unspecified atom stereocenters. The van der Waals surface area contributed by atoms with Crippen molar-refractivity contribution in [2.45, 2.75) is 33.6 Å². The van der Waals surface area contributed by atoms with Crippen molar-refractivity contribution in [3.63, 3.8) is 0 Å². The van der Waals surface area contributed by atoms with Crippen LogP contribution in [0, 0.1) is 19.8 Å². The molecule has 31 heavy (non-hydrogen) atoms. The van der Waals surface area contributed by atoms with Crippen LogP contribution in [0.15, 0.2) is 65.7 Å². The highest BCUT2D eigenvalue weighted by atomic mass is 16.2. The summed E-state index contributed by atoms with van der Waals surface area (Å²) in [5.74, 6) is 0.444. The highest BCUT2D eigenvalue weighted by Gasteiger charge is 2.26. The minimum Gasteiger partial charge on any atom is -0.317 e. The van der Waals surface area contributed by atoms with Crippen molar-refractivity contribution < 1.29 is 4.79 Å². The van der Waals surface area contributed by atoms with E-state index in [1.807, 2.05) is 55.1 Å². The number of nitrogens with zero attached hydrogens (tertiary/aromatic N) is 4. The first-order valence-electron chi connectivity index (χ1n) is 10.9. The summed E-state index contributed by atoms with van der Waals surface area (Å²) < 4.78 is 1.84. The normalized spacial score (nSPS) is 24.4. The Morgan fingerprint density at radius 1 is 1.13 bits per heavy atom. The average Bonchev–Trinajstić information content (AvgIpc) is 3.17. The lowest BCUT2D eigenvalue weighted by atomic mass is 9.87. The van der Waals surface area contributed by atoms with E-state index in [0.717, 1.165) is 65.4 Å². The molecular weight excluding hydrogens is 386 g/mol. The lowest BCUT2D eigenvalue weighted by Crippen LogP contribution is -2.32. The maximum absolute atomic E-state index is 13.3. The number of carbonyl (C=O) groups is 1. The predicted molar refractivity (Wildman–Crippen MR) is 122 cm³/mol. The Kier molecular flexibility index (Phi) is 4.94. The number of hydrogen-bond donors (Lipinski definition) is 1. The Hall–Kier alpha value is -3.25. The van der Waals surface area contributed by atoms with Gasteiger partial charge in [0.2, 0.25) is 0 Å². The summed E-state index contributed by atoms with van der Waals surface area (Å²) in [6.07, 6.45) is 16.1. The number of carbonyl (C=O) groups excluding carboxylic acids is 1. The van der Waals surface area contributed by atoms with Gasteiger partial charge in [-0.25, -0.2) is 4.52 Å². The second-order valence-corrected chi connectivity index (χ2v) is 8.53. The van der Waals surface area contributed by atoms with Gasteiger partial charge < -0.3 is 5.32 Å². The van der Waals surface area contributed by atoms with E-state index in [0.29, 0.717) is 5.92 Å². The predicted octanol–water partition coefficient (Wildman–Crippen LogP) is 3.86.